The number of nitrogens with zero attached hydrogens (tertiary/aromatic N) is 1. The average Bonchev–Trinajstić information content (AvgIpc) is 2.73. The van der Waals surface area contributed by atoms with Crippen LogP contribution < -0.4 is 11.1 Å². The predicted octanol–water partition coefficient (Wildman–Crippen LogP) is 1.38. The monoisotopic (exact) mass is 297 g/mol. The number of carbonyl (C=O) groups is 1. The van der Waals surface area contributed by atoms with E-state index in [2.05, 4.69) is 10.3 Å². The van der Waals surface area contributed by atoms with E-state index in [4.69, 9.17) is 5.73 Å². The average molecular weight is 297 g/mol. The number of thiophene rings is 1. The molecule has 0 aromatic carbocycles. The molecule has 0 aliphatic rings. The van der Waals surface area contributed by atoms with E-state index in [1.165, 1.54) is 11.3 Å². The third-order valence-electron chi connectivity index (χ3n) is 2.81. The van der Waals surface area contributed by atoms with E-state index < -0.39 is 10.8 Å². The minimum absolute atomic E-state index is 0.0855. The van der Waals surface area contributed by atoms with Crippen molar-refractivity contribution >= 4 is 43.9 Å². The normalized spacial score (nSPS) is 14.2. The van der Waals surface area contributed by atoms with Crippen LogP contribution in [0, 0.1) is 0 Å². The van der Waals surface area contributed by atoms with Crippen molar-refractivity contribution in [2.45, 2.75) is 12.2 Å². The molecule has 2 atom stereocenters. The molecule has 0 bridgehead atoms. The molecule has 0 aliphatic carbocycles. The van der Waals surface area contributed by atoms with E-state index in [1.807, 2.05) is 19.1 Å². The van der Waals surface area contributed by atoms with Crippen LogP contribution in [0.5, 0.6) is 0 Å². The summed E-state index contributed by atoms with van der Waals surface area (Å²) in [5.74, 6) is -0.238. The SMILES string of the molecule is CC(CNC(=O)c1sc2cccnc2c1N)S(C)=O. The number of rotatable bonds is 4. The van der Waals surface area contributed by atoms with Crippen molar-refractivity contribution in [1.82, 2.24) is 10.3 Å². The fourth-order valence-electron chi connectivity index (χ4n) is 1.55. The van der Waals surface area contributed by atoms with Crippen LogP contribution in [0.2, 0.25) is 0 Å². The molecule has 0 aliphatic heterocycles. The van der Waals surface area contributed by atoms with Gasteiger partial charge in [-0.25, -0.2) is 0 Å². The van der Waals surface area contributed by atoms with Crippen LogP contribution >= 0.6 is 11.3 Å². The summed E-state index contributed by atoms with van der Waals surface area (Å²) in [5, 5.41) is 2.67. The maximum atomic E-state index is 12.1. The zero-order chi connectivity index (χ0) is 14.0. The van der Waals surface area contributed by atoms with Crippen molar-refractivity contribution in [3.05, 3.63) is 23.2 Å². The van der Waals surface area contributed by atoms with Gasteiger partial charge in [0.05, 0.1) is 10.4 Å². The Morgan fingerprint density at radius 1 is 1.63 bits per heavy atom. The van der Waals surface area contributed by atoms with Gasteiger partial charge in [-0.3, -0.25) is 14.0 Å². The number of hydrogen-bond donors (Lipinski definition) is 2. The number of fused-ring (bicyclic) bond motifs is 1. The van der Waals surface area contributed by atoms with Crippen molar-refractivity contribution in [3.8, 4) is 0 Å². The van der Waals surface area contributed by atoms with Crippen LogP contribution in [0.4, 0.5) is 5.69 Å². The van der Waals surface area contributed by atoms with Gasteiger partial charge in [0.2, 0.25) is 0 Å². The fraction of sp³-hybridized carbons (Fsp3) is 0.333. The number of nitrogens with two attached hydrogens (primary N) is 1. The summed E-state index contributed by atoms with van der Waals surface area (Å²) in [6.07, 6.45) is 3.27. The van der Waals surface area contributed by atoms with Crippen LogP contribution in [0.3, 0.4) is 0 Å². The first kappa shape index (κ1) is 14.0. The van der Waals surface area contributed by atoms with Crippen LogP contribution in [0.1, 0.15) is 16.6 Å². The molecule has 0 radical (unpaired) electrons. The fourth-order valence-corrected chi connectivity index (χ4v) is 2.87. The number of hydrogen-bond acceptors (Lipinski definition) is 5. The van der Waals surface area contributed by atoms with Gasteiger partial charge < -0.3 is 11.1 Å². The highest BCUT2D eigenvalue weighted by atomic mass is 32.2. The van der Waals surface area contributed by atoms with Crippen LogP contribution in [0.25, 0.3) is 10.2 Å². The van der Waals surface area contributed by atoms with E-state index in [-0.39, 0.29) is 11.2 Å². The number of carbonyl (C=O) groups excluding carboxylic acids is 1. The quantitative estimate of drug-likeness (QED) is 0.892. The zero-order valence-corrected chi connectivity index (χ0v) is 12.3. The second kappa shape index (κ2) is 5.66. The Balaban J connectivity index is 2.18. The Bertz CT molecular complexity index is 639. The molecule has 19 heavy (non-hydrogen) atoms. The second-order valence-electron chi connectivity index (χ2n) is 4.21. The summed E-state index contributed by atoms with van der Waals surface area (Å²) in [6, 6.07) is 3.69. The number of nitrogen functional groups attached to an aromatic ring is 1. The number of amides is 1. The molecule has 102 valence electrons. The smallest absolute Gasteiger partial charge is 0.263 e. The van der Waals surface area contributed by atoms with Gasteiger partial charge in [-0.1, -0.05) is 0 Å². The Kier molecular flexibility index (Phi) is 4.16. The molecule has 2 aromatic heterocycles. The Hall–Kier alpha value is -1.47. The molecule has 0 saturated heterocycles. The van der Waals surface area contributed by atoms with Gasteiger partial charge in [-0.15, -0.1) is 11.3 Å². The van der Waals surface area contributed by atoms with E-state index >= 15 is 0 Å². The molecular weight excluding hydrogens is 282 g/mol. The summed E-state index contributed by atoms with van der Waals surface area (Å²) in [7, 11) is -0.958. The van der Waals surface area contributed by atoms with Crippen LogP contribution in [-0.4, -0.2) is 33.2 Å². The molecule has 7 heteroatoms. The summed E-state index contributed by atoms with van der Waals surface area (Å²) in [5.41, 5.74) is 7.00. The predicted molar refractivity (Wildman–Crippen MR) is 79.9 cm³/mol. The van der Waals surface area contributed by atoms with Crippen LogP contribution in [0.15, 0.2) is 18.3 Å². The summed E-state index contributed by atoms with van der Waals surface area (Å²) < 4.78 is 12.1. The molecule has 2 heterocycles. The van der Waals surface area contributed by atoms with E-state index in [0.29, 0.717) is 22.6 Å². The lowest BCUT2D eigenvalue weighted by Gasteiger charge is -2.09. The zero-order valence-electron chi connectivity index (χ0n) is 10.7. The van der Waals surface area contributed by atoms with E-state index in [0.717, 1.165) is 4.70 Å². The molecule has 2 unspecified atom stereocenters. The lowest BCUT2D eigenvalue weighted by atomic mass is 10.3. The molecule has 1 amide bonds. The highest BCUT2D eigenvalue weighted by Gasteiger charge is 2.17. The molecule has 0 spiro atoms. The number of nitrogens with one attached hydrogen (secondary N) is 1. The summed E-state index contributed by atoms with van der Waals surface area (Å²) >= 11 is 1.32. The maximum absolute atomic E-state index is 12.1. The number of aromatic nitrogens is 1. The highest BCUT2D eigenvalue weighted by Crippen LogP contribution is 2.31. The van der Waals surface area contributed by atoms with Gasteiger partial charge in [-0.05, 0) is 19.1 Å². The van der Waals surface area contributed by atoms with Crippen molar-refractivity contribution in [2.24, 2.45) is 0 Å². The molecule has 0 fully saturated rings. The molecule has 2 aromatic rings. The van der Waals surface area contributed by atoms with Crippen molar-refractivity contribution < 1.29 is 9.00 Å². The van der Waals surface area contributed by atoms with Crippen molar-refractivity contribution in [2.75, 3.05) is 18.5 Å². The molecule has 5 nitrogen and oxygen atoms in total. The van der Waals surface area contributed by atoms with Crippen molar-refractivity contribution in [1.29, 1.82) is 0 Å². The first-order chi connectivity index (χ1) is 9.00. The van der Waals surface area contributed by atoms with Gasteiger partial charge in [0.15, 0.2) is 0 Å². The third kappa shape index (κ3) is 2.93. The standard InChI is InChI=1S/C12H15N3O2S2/c1-7(19(2)17)6-15-12(16)11-9(13)10-8(18-11)4-3-5-14-10/h3-5,7H,6,13H2,1-2H3,(H,15,16). The Morgan fingerprint density at radius 2 is 2.37 bits per heavy atom. The lowest BCUT2D eigenvalue weighted by Crippen LogP contribution is -2.32. The Labute approximate surface area is 117 Å². The summed E-state index contributed by atoms with van der Waals surface area (Å²) in [6.45, 7) is 2.19. The number of anilines is 1. The minimum atomic E-state index is -0.958. The third-order valence-corrected chi connectivity index (χ3v) is 5.26. The molecular formula is C12H15N3O2S2. The topological polar surface area (TPSA) is 85.1 Å². The molecule has 2 rings (SSSR count). The minimum Gasteiger partial charge on any atom is -0.396 e. The van der Waals surface area contributed by atoms with E-state index in [9.17, 15) is 9.00 Å². The first-order valence-corrected chi connectivity index (χ1v) is 8.18. The van der Waals surface area contributed by atoms with Gasteiger partial charge in [0.25, 0.3) is 5.91 Å². The summed E-state index contributed by atoms with van der Waals surface area (Å²) in [4.78, 5) is 16.7. The second-order valence-corrected chi connectivity index (χ2v) is 7.07. The molecule has 3 N–H and O–H groups in total. The largest absolute Gasteiger partial charge is 0.396 e. The van der Waals surface area contributed by atoms with Gasteiger partial charge in [0, 0.05) is 35.0 Å². The van der Waals surface area contributed by atoms with Crippen molar-refractivity contribution in [3.63, 3.8) is 0 Å². The lowest BCUT2D eigenvalue weighted by molar-refractivity contribution is 0.0959. The maximum Gasteiger partial charge on any atom is 0.263 e. The Morgan fingerprint density at radius 3 is 3.00 bits per heavy atom. The van der Waals surface area contributed by atoms with Crippen LogP contribution in [-0.2, 0) is 10.8 Å². The van der Waals surface area contributed by atoms with Gasteiger partial charge in [-0.2, -0.15) is 0 Å². The van der Waals surface area contributed by atoms with Gasteiger partial charge >= 0.3 is 0 Å². The first-order valence-electron chi connectivity index (χ1n) is 5.74. The molecule has 0 saturated carbocycles. The van der Waals surface area contributed by atoms with E-state index in [1.54, 1.807) is 12.5 Å². The number of pyridine rings is 1. The van der Waals surface area contributed by atoms with Gasteiger partial charge in [0.1, 0.15) is 10.4 Å². The highest BCUT2D eigenvalue weighted by molar-refractivity contribution is 7.84.